The highest BCUT2D eigenvalue weighted by atomic mass is 35.5. The molecule has 1 atom stereocenters. The highest BCUT2D eigenvalue weighted by Gasteiger charge is 2.29. The van der Waals surface area contributed by atoms with Crippen LogP contribution in [0, 0.1) is 6.92 Å². The number of nitrogens with one attached hydrogen (secondary N) is 1. The third-order valence-electron chi connectivity index (χ3n) is 2.78. The Hall–Kier alpha value is -1.81. The van der Waals surface area contributed by atoms with Gasteiger partial charge in [-0.3, -0.25) is 4.79 Å². The molecule has 0 bridgehead atoms. The maximum atomic E-state index is 12.2. The first kappa shape index (κ1) is 12.6. The molecule has 0 aliphatic carbocycles. The number of carbonyl (C=O) groups excluding carboxylic acids is 2. The van der Waals surface area contributed by atoms with Gasteiger partial charge < -0.3 is 9.72 Å². The van der Waals surface area contributed by atoms with E-state index in [1.54, 1.807) is 6.92 Å². The van der Waals surface area contributed by atoms with E-state index in [-0.39, 0.29) is 0 Å². The van der Waals surface area contributed by atoms with Crippen molar-refractivity contribution in [2.45, 2.75) is 12.3 Å². The number of H-pyrrole nitrogens is 1. The fourth-order valence-electron chi connectivity index (χ4n) is 1.93. The molecule has 18 heavy (non-hydrogen) atoms. The summed E-state index contributed by atoms with van der Waals surface area (Å²) in [6, 6.07) is 7.37. The Kier molecular flexibility index (Phi) is 3.39. The average Bonchev–Trinajstić information content (AvgIpc) is 2.71. The molecule has 0 aliphatic heterocycles. The molecular formula is C13H12ClNO3. The second-order valence-corrected chi connectivity index (χ2v) is 4.36. The lowest BCUT2D eigenvalue weighted by Gasteiger charge is -2.06. The number of esters is 1. The van der Waals surface area contributed by atoms with Gasteiger partial charge in [-0.25, -0.2) is 4.79 Å². The standard InChI is InChI=1S/C13H12ClNO3/c1-7-10(12(16)11(14)13(17)18-2)8-5-3-4-6-9(8)15-7/h3-6,11,15H,1-2H3. The minimum atomic E-state index is -1.31. The Morgan fingerprint density at radius 1 is 1.33 bits per heavy atom. The topological polar surface area (TPSA) is 59.2 Å². The number of rotatable bonds is 3. The molecule has 1 heterocycles. The number of aromatic amines is 1. The van der Waals surface area contributed by atoms with Gasteiger partial charge in [-0.15, -0.1) is 11.6 Å². The van der Waals surface area contributed by atoms with E-state index in [4.69, 9.17) is 11.6 Å². The molecule has 0 aliphatic rings. The van der Waals surface area contributed by atoms with Crippen molar-refractivity contribution in [2.75, 3.05) is 7.11 Å². The van der Waals surface area contributed by atoms with Crippen molar-refractivity contribution in [3.05, 3.63) is 35.5 Å². The zero-order valence-corrected chi connectivity index (χ0v) is 10.7. The van der Waals surface area contributed by atoms with Crippen LogP contribution in [0.15, 0.2) is 24.3 Å². The summed E-state index contributed by atoms with van der Waals surface area (Å²) in [6.07, 6.45) is 0. The molecule has 1 N–H and O–H groups in total. The van der Waals surface area contributed by atoms with Gasteiger partial charge in [0.2, 0.25) is 0 Å². The molecule has 1 aromatic heterocycles. The Labute approximate surface area is 109 Å². The van der Waals surface area contributed by atoms with Gasteiger partial charge in [0.15, 0.2) is 11.2 Å². The quantitative estimate of drug-likeness (QED) is 0.401. The van der Waals surface area contributed by atoms with Crippen LogP contribution in [0.2, 0.25) is 0 Å². The zero-order valence-electron chi connectivity index (χ0n) is 9.99. The van der Waals surface area contributed by atoms with Crippen molar-refractivity contribution in [1.29, 1.82) is 0 Å². The van der Waals surface area contributed by atoms with Crippen molar-refractivity contribution in [3.8, 4) is 0 Å². The van der Waals surface area contributed by atoms with E-state index < -0.39 is 17.1 Å². The molecule has 0 radical (unpaired) electrons. The third-order valence-corrected chi connectivity index (χ3v) is 3.15. The molecule has 2 aromatic rings. The van der Waals surface area contributed by atoms with Crippen LogP contribution < -0.4 is 0 Å². The SMILES string of the molecule is COC(=O)C(Cl)C(=O)c1c(C)[nH]c2ccccc12. The molecule has 0 saturated heterocycles. The monoisotopic (exact) mass is 265 g/mol. The summed E-state index contributed by atoms with van der Waals surface area (Å²) >= 11 is 5.81. The highest BCUT2D eigenvalue weighted by Crippen LogP contribution is 2.24. The number of fused-ring (bicyclic) bond motifs is 1. The summed E-state index contributed by atoms with van der Waals surface area (Å²) in [4.78, 5) is 26.6. The van der Waals surface area contributed by atoms with Gasteiger partial charge in [-0.2, -0.15) is 0 Å². The summed E-state index contributed by atoms with van der Waals surface area (Å²) in [5.74, 6) is -1.19. The normalized spacial score (nSPS) is 12.4. The predicted octanol–water partition coefficient (Wildman–Crippen LogP) is 2.44. The van der Waals surface area contributed by atoms with Gasteiger partial charge >= 0.3 is 5.97 Å². The number of para-hydroxylation sites is 1. The van der Waals surface area contributed by atoms with Gasteiger partial charge in [0, 0.05) is 22.2 Å². The number of ketones is 1. The molecule has 0 spiro atoms. The summed E-state index contributed by atoms with van der Waals surface area (Å²) in [5, 5.41) is -0.553. The second kappa shape index (κ2) is 4.82. The molecule has 1 aromatic carbocycles. The van der Waals surface area contributed by atoms with Gasteiger partial charge in [0.05, 0.1) is 7.11 Å². The van der Waals surface area contributed by atoms with Crippen LogP contribution in [-0.2, 0) is 9.53 Å². The van der Waals surface area contributed by atoms with Crippen LogP contribution in [0.3, 0.4) is 0 Å². The fraction of sp³-hybridized carbons (Fsp3) is 0.231. The third kappa shape index (κ3) is 1.99. The Bertz CT molecular complexity index is 618. The number of benzene rings is 1. The van der Waals surface area contributed by atoms with E-state index >= 15 is 0 Å². The van der Waals surface area contributed by atoms with E-state index in [0.717, 1.165) is 10.9 Å². The van der Waals surface area contributed by atoms with E-state index in [9.17, 15) is 9.59 Å². The number of hydrogen-bond acceptors (Lipinski definition) is 3. The number of hydrogen-bond donors (Lipinski definition) is 1. The number of carbonyl (C=O) groups is 2. The van der Waals surface area contributed by atoms with Crippen LogP contribution in [-0.4, -0.2) is 29.2 Å². The van der Waals surface area contributed by atoms with Crippen LogP contribution in [0.4, 0.5) is 0 Å². The number of aromatic nitrogens is 1. The Morgan fingerprint density at radius 3 is 2.67 bits per heavy atom. The van der Waals surface area contributed by atoms with Gasteiger partial charge in [-0.1, -0.05) is 18.2 Å². The zero-order chi connectivity index (χ0) is 13.3. The lowest BCUT2D eigenvalue weighted by Crippen LogP contribution is -2.26. The van der Waals surface area contributed by atoms with Crippen molar-refractivity contribution in [1.82, 2.24) is 4.98 Å². The molecule has 1 unspecified atom stereocenters. The molecule has 5 heteroatoms. The smallest absolute Gasteiger partial charge is 0.331 e. The highest BCUT2D eigenvalue weighted by molar-refractivity contribution is 6.44. The maximum absolute atomic E-state index is 12.2. The molecular weight excluding hydrogens is 254 g/mol. The lowest BCUT2D eigenvalue weighted by atomic mass is 10.0. The number of Topliss-reactive ketones (excluding diaryl/α,β-unsaturated/α-hetero) is 1. The molecule has 0 amide bonds. The van der Waals surface area contributed by atoms with E-state index in [1.807, 2.05) is 24.3 Å². The molecule has 0 fully saturated rings. The summed E-state index contributed by atoms with van der Waals surface area (Å²) < 4.78 is 4.48. The molecule has 94 valence electrons. The summed E-state index contributed by atoms with van der Waals surface area (Å²) in [6.45, 7) is 1.77. The number of halogens is 1. The molecule has 2 rings (SSSR count). The van der Waals surface area contributed by atoms with Crippen molar-refractivity contribution in [3.63, 3.8) is 0 Å². The largest absolute Gasteiger partial charge is 0.468 e. The fourth-order valence-corrected chi connectivity index (χ4v) is 2.13. The Morgan fingerprint density at radius 2 is 2.00 bits per heavy atom. The number of ether oxygens (including phenoxy) is 1. The number of aryl methyl sites for hydroxylation is 1. The first-order valence-corrected chi connectivity index (χ1v) is 5.83. The molecule has 0 saturated carbocycles. The van der Waals surface area contributed by atoms with Crippen LogP contribution in [0.1, 0.15) is 16.1 Å². The lowest BCUT2D eigenvalue weighted by molar-refractivity contribution is -0.139. The second-order valence-electron chi connectivity index (χ2n) is 3.92. The van der Waals surface area contributed by atoms with E-state index in [2.05, 4.69) is 9.72 Å². The number of methoxy groups -OCH3 is 1. The van der Waals surface area contributed by atoms with E-state index in [0.29, 0.717) is 11.3 Å². The van der Waals surface area contributed by atoms with Crippen LogP contribution in [0.5, 0.6) is 0 Å². The van der Waals surface area contributed by atoms with Crippen LogP contribution >= 0.6 is 11.6 Å². The van der Waals surface area contributed by atoms with Gasteiger partial charge in [0.25, 0.3) is 0 Å². The molecule has 4 nitrogen and oxygen atoms in total. The van der Waals surface area contributed by atoms with Crippen molar-refractivity contribution >= 4 is 34.3 Å². The minimum absolute atomic E-state index is 0.441. The van der Waals surface area contributed by atoms with Crippen molar-refractivity contribution in [2.24, 2.45) is 0 Å². The van der Waals surface area contributed by atoms with Gasteiger partial charge in [0.1, 0.15) is 0 Å². The number of alkyl halides is 1. The first-order chi connectivity index (χ1) is 8.56. The minimum Gasteiger partial charge on any atom is -0.468 e. The van der Waals surface area contributed by atoms with E-state index in [1.165, 1.54) is 7.11 Å². The first-order valence-electron chi connectivity index (χ1n) is 5.39. The maximum Gasteiger partial charge on any atom is 0.331 e. The van der Waals surface area contributed by atoms with Gasteiger partial charge in [-0.05, 0) is 13.0 Å². The van der Waals surface area contributed by atoms with Crippen LogP contribution in [0.25, 0.3) is 10.9 Å². The summed E-state index contributed by atoms with van der Waals surface area (Å²) in [5.41, 5.74) is 1.97. The van der Waals surface area contributed by atoms with Crippen molar-refractivity contribution < 1.29 is 14.3 Å². The summed E-state index contributed by atoms with van der Waals surface area (Å²) in [7, 11) is 1.20. The Balaban J connectivity index is 2.51. The average molecular weight is 266 g/mol. The predicted molar refractivity (Wildman–Crippen MR) is 69.0 cm³/mol.